The maximum atomic E-state index is 14.6. The molecule has 3 rings (SSSR count). The van der Waals surface area contributed by atoms with Crippen LogP contribution in [0.4, 0.5) is 21.5 Å². The highest BCUT2D eigenvalue weighted by Gasteiger charge is 2.16. The fraction of sp³-hybridized carbons (Fsp3) is 0.0455. The Balaban J connectivity index is 1.92. The van der Waals surface area contributed by atoms with E-state index in [0.29, 0.717) is 22.4 Å². The molecule has 1 heterocycles. The Kier molecular flexibility index (Phi) is 7.49. The molecule has 0 aliphatic carbocycles. The summed E-state index contributed by atoms with van der Waals surface area (Å²) < 4.78 is 22.7. The number of allylic oxidation sites excluding steroid dienone is 4. The second-order valence-electron chi connectivity index (χ2n) is 5.96. The van der Waals surface area contributed by atoms with Gasteiger partial charge in [0.15, 0.2) is 0 Å². The molecule has 3 aromatic rings. The number of methoxy groups -OCH3 is 1. The molecule has 0 spiro atoms. The van der Waals surface area contributed by atoms with Crippen molar-refractivity contribution < 1.29 is 9.13 Å². The van der Waals surface area contributed by atoms with Gasteiger partial charge in [0.2, 0.25) is 5.88 Å². The molecule has 0 fully saturated rings. The topological polar surface area (TPSA) is 82.9 Å². The molecule has 6 nitrogen and oxygen atoms in total. The standard InChI is InChI=1S/C22H17ClFN5OS/c1-3-4-5-6-11-31-29-17-8-7-15(24)22(20(17)23)27-16-9-10-18-21(14(16)12-25)28-19(30-2)13-26-18/h3-11,13,27,29H,1H2,2H3/b5-4-,11-6+. The van der Waals surface area contributed by atoms with Crippen molar-refractivity contribution in [3.63, 3.8) is 0 Å². The van der Waals surface area contributed by atoms with Crippen LogP contribution in [0.2, 0.25) is 5.02 Å². The molecule has 0 aliphatic rings. The van der Waals surface area contributed by atoms with Crippen molar-refractivity contribution >= 4 is 51.6 Å². The van der Waals surface area contributed by atoms with Gasteiger partial charge in [-0.25, -0.2) is 14.4 Å². The minimum absolute atomic E-state index is 0.0366. The van der Waals surface area contributed by atoms with Crippen LogP contribution in [0.15, 0.2) is 66.8 Å². The first-order valence-corrected chi connectivity index (χ1v) is 10.2. The fourth-order valence-corrected chi connectivity index (χ4v) is 3.42. The molecule has 1 aromatic heterocycles. The van der Waals surface area contributed by atoms with Crippen LogP contribution in [-0.4, -0.2) is 17.1 Å². The molecule has 0 saturated heterocycles. The van der Waals surface area contributed by atoms with Gasteiger partial charge < -0.3 is 14.8 Å². The zero-order valence-electron chi connectivity index (χ0n) is 16.4. The van der Waals surface area contributed by atoms with Gasteiger partial charge in [-0.05, 0) is 41.6 Å². The molecule has 0 radical (unpaired) electrons. The summed E-state index contributed by atoms with van der Waals surface area (Å²) >= 11 is 7.70. The summed E-state index contributed by atoms with van der Waals surface area (Å²) in [5, 5.41) is 14.6. The van der Waals surface area contributed by atoms with Crippen molar-refractivity contribution in [1.29, 1.82) is 5.26 Å². The van der Waals surface area contributed by atoms with Crippen molar-refractivity contribution in [3.8, 4) is 11.9 Å². The molecule has 0 saturated carbocycles. The molecule has 31 heavy (non-hydrogen) atoms. The van der Waals surface area contributed by atoms with Crippen LogP contribution >= 0.6 is 23.5 Å². The summed E-state index contributed by atoms with van der Waals surface area (Å²) in [6.07, 6.45) is 8.56. The Morgan fingerprint density at radius 1 is 1.23 bits per heavy atom. The van der Waals surface area contributed by atoms with E-state index in [9.17, 15) is 9.65 Å². The average Bonchev–Trinajstić information content (AvgIpc) is 2.79. The minimum Gasteiger partial charge on any atom is -0.480 e. The van der Waals surface area contributed by atoms with Crippen LogP contribution in [0.3, 0.4) is 0 Å². The largest absolute Gasteiger partial charge is 0.480 e. The Bertz CT molecular complexity index is 1220. The van der Waals surface area contributed by atoms with E-state index in [1.165, 1.54) is 37.4 Å². The van der Waals surface area contributed by atoms with Crippen LogP contribution in [0.5, 0.6) is 5.88 Å². The number of anilines is 3. The summed E-state index contributed by atoms with van der Waals surface area (Å²) in [6, 6.07) is 8.22. The molecule has 9 heteroatoms. The number of nitrogens with one attached hydrogen (secondary N) is 2. The van der Waals surface area contributed by atoms with Gasteiger partial charge in [-0.15, -0.1) is 0 Å². The highest BCUT2D eigenvalue weighted by molar-refractivity contribution is 8.03. The third-order valence-corrected chi connectivity index (χ3v) is 5.06. The monoisotopic (exact) mass is 453 g/mol. The normalized spacial score (nSPS) is 11.0. The first kappa shape index (κ1) is 22.2. The number of halogens is 2. The van der Waals surface area contributed by atoms with Crippen molar-refractivity contribution in [2.24, 2.45) is 0 Å². The van der Waals surface area contributed by atoms with Gasteiger partial charge in [-0.2, -0.15) is 5.26 Å². The van der Waals surface area contributed by atoms with E-state index in [2.05, 4.69) is 32.7 Å². The Morgan fingerprint density at radius 2 is 2.03 bits per heavy atom. The number of hydrogen-bond donors (Lipinski definition) is 2. The molecule has 2 N–H and O–H groups in total. The first-order chi connectivity index (χ1) is 15.1. The summed E-state index contributed by atoms with van der Waals surface area (Å²) in [5.74, 6) is -0.296. The Morgan fingerprint density at radius 3 is 2.77 bits per heavy atom. The molecule has 0 amide bonds. The first-order valence-electron chi connectivity index (χ1n) is 8.93. The number of hydrogen-bond acceptors (Lipinski definition) is 7. The predicted octanol–water partition coefficient (Wildman–Crippen LogP) is 6.36. The average molecular weight is 454 g/mol. The lowest BCUT2D eigenvalue weighted by molar-refractivity contribution is 0.397. The lowest BCUT2D eigenvalue weighted by Gasteiger charge is -2.15. The second kappa shape index (κ2) is 10.5. The minimum atomic E-state index is -0.564. The van der Waals surface area contributed by atoms with Crippen molar-refractivity contribution in [1.82, 2.24) is 9.97 Å². The van der Waals surface area contributed by atoms with E-state index in [0.717, 1.165) is 0 Å². The third-order valence-electron chi connectivity index (χ3n) is 4.04. The molecule has 0 bridgehead atoms. The van der Waals surface area contributed by atoms with Crippen molar-refractivity contribution in [2.45, 2.75) is 0 Å². The van der Waals surface area contributed by atoms with Crippen molar-refractivity contribution in [3.05, 3.63) is 83.2 Å². The van der Waals surface area contributed by atoms with Crippen LogP contribution in [0, 0.1) is 17.1 Å². The van der Waals surface area contributed by atoms with E-state index in [-0.39, 0.29) is 22.2 Å². The molecule has 0 aliphatic heterocycles. The Hall–Kier alpha value is -3.54. The maximum absolute atomic E-state index is 14.6. The number of rotatable bonds is 8. The highest BCUT2D eigenvalue weighted by atomic mass is 35.5. The number of nitriles is 1. The number of ether oxygens (including phenoxy) is 1. The fourth-order valence-electron chi connectivity index (χ4n) is 2.58. The highest BCUT2D eigenvalue weighted by Crippen LogP contribution is 2.37. The summed E-state index contributed by atoms with van der Waals surface area (Å²) in [6.45, 7) is 3.59. The second-order valence-corrected chi connectivity index (χ2v) is 7.05. The van der Waals surface area contributed by atoms with Crippen LogP contribution < -0.4 is 14.8 Å². The molecule has 156 valence electrons. The van der Waals surface area contributed by atoms with Crippen molar-refractivity contribution in [2.75, 3.05) is 17.1 Å². The third kappa shape index (κ3) is 5.15. The predicted molar refractivity (Wildman–Crippen MR) is 125 cm³/mol. The van der Waals surface area contributed by atoms with Gasteiger partial charge in [0.1, 0.15) is 23.0 Å². The van der Waals surface area contributed by atoms with E-state index >= 15 is 0 Å². The molecule has 2 aromatic carbocycles. The summed E-state index contributed by atoms with van der Waals surface area (Å²) in [7, 11) is 1.46. The van der Waals surface area contributed by atoms with Gasteiger partial charge in [0.05, 0.1) is 40.9 Å². The van der Waals surface area contributed by atoms with Gasteiger partial charge in [0.25, 0.3) is 0 Å². The number of aromatic nitrogens is 2. The van der Waals surface area contributed by atoms with Crippen LogP contribution in [-0.2, 0) is 0 Å². The maximum Gasteiger partial charge on any atom is 0.232 e. The SMILES string of the molecule is C=C/C=C\C=C\SNc1ccc(F)c(Nc2ccc3ncc(OC)nc3c2C#N)c1Cl. The number of nitrogens with zero attached hydrogens (tertiary/aromatic N) is 3. The quantitative estimate of drug-likeness (QED) is 0.303. The van der Waals surface area contributed by atoms with E-state index < -0.39 is 5.82 Å². The van der Waals surface area contributed by atoms with E-state index in [4.69, 9.17) is 16.3 Å². The summed E-state index contributed by atoms with van der Waals surface area (Å²) in [4.78, 5) is 8.51. The molecular weight excluding hydrogens is 437 g/mol. The van der Waals surface area contributed by atoms with E-state index in [1.807, 2.05) is 12.2 Å². The van der Waals surface area contributed by atoms with Gasteiger partial charge in [-0.1, -0.05) is 42.5 Å². The molecular formula is C22H17ClFN5OS. The number of fused-ring (bicyclic) bond motifs is 1. The van der Waals surface area contributed by atoms with Crippen LogP contribution in [0.1, 0.15) is 5.56 Å². The van der Waals surface area contributed by atoms with Gasteiger partial charge in [0, 0.05) is 0 Å². The van der Waals surface area contributed by atoms with Gasteiger partial charge in [-0.3, -0.25) is 0 Å². The number of benzene rings is 2. The van der Waals surface area contributed by atoms with Crippen LogP contribution in [0.25, 0.3) is 11.0 Å². The van der Waals surface area contributed by atoms with Gasteiger partial charge >= 0.3 is 0 Å². The van der Waals surface area contributed by atoms with E-state index in [1.54, 1.807) is 29.7 Å². The zero-order valence-corrected chi connectivity index (χ0v) is 18.0. The lowest BCUT2D eigenvalue weighted by Crippen LogP contribution is -2.01. The molecule has 0 atom stereocenters. The lowest BCUT2D eigenvalue weighted by atomic mass is 10.1. The zero-order chi connectivity index (χ0) is 22.2. The Labute approximate surface area is 188 Å². The smallest absolute Gasteiger partial charge is 0.232 e. The summed E-state index contributed by atoms with van der Waals surface area (Å²) in [5.41, 5.74) is 1.94. The molecule has 0 unspecified atom stereocenters.